The van der Waals surface area contributed by atoms with E-state index in [1.165, 1.54) is 4.90 Å². The van der Waals surface area contributed by atoms with Gasteiger partial charge in [0, 0.05) is 24.7 Å². The molecule has 0 fully saturated rings. The van der Waals surface area contributed by atoms with Gasteiger partial charge in [-0.2, -0.15) is 0 Å². The van der Waals surface area contributed by atoms with E-state index >= 15 is 0 Å². The number of nitrogens with zero attached hydrogens (tertiary/aromatic N) is 4. The summed E-state index contributed by atoms with van der Waals surface area (Å²) < 4.78 is 30.9. The number of fused-ring (bicyclic) bond motifs is 2. The van der Waals surface area contributed by atoms with Crippen molar-refractivity contribution in [1.82, 2.24) is 19.9 Å². The van der Waals surface area contributed by atoms with E-state index < -0.39 is 0 Å². The zero-order valence-corrected chi connectivity index (χ0v) is 27.8. The number of methoxy groups -OCH3 is 1. The Labute approximate surface area is 292 Å². The Balaban J connectivity index is 0.892. The quantitative estimate of drug-likeness (QED) is 0.0996. The summed E-state index contributed by atoms with van der Waals surface area (Å²) in [5, 5.41) is 8.72. The minimum Gasteiger partial charge on any atom is -0.497 e. The number of imide groups is 1. The van der Waals surface area contributed by atoms with Crippen LogP contribution in [0.2, 0.25) is 0 Å². The summed E-state index contributed by atoms with van der Waals surface area (Å²) in [5.74, 6) is 1.21. The molecule has 12 heteroatoms. The molecular formula is C39H34N4O8. The first-order valence-corrected chi connectivity index (χ1v) is 16.5. The Morgan fingerprint density at radius 2 is 1.51 bits per heavy atom. The highest BCUT2D eigenvalue weighted by Crippen LogP contribution is 2.32. The van der Waals surface area contributed by atoms with Crippen molar-refractivity contribution in [3.8, 4) is 28.6 Å². The minimum absolute atomic E-state index is 0.126. The maximum atomic E-state index is 13.5. The van der Waals surface area contributed by atoms with Gasteiger partial charge in [-0.1, -0.05) is 41.6 Å². The van der Waals surface area contributed by atoms with Crippen LogP contribution in [0.4, 0.5) is 0 Å². The highest BCUT2D eigenvalue weighted by Gasteiger charge is 2.34. The van der Waals surface area contributed by atoms with Crippen LogP contribution in [-0.4, -0.2) is 65.2 Å². The lowest BCUT2D eigenvalue weighted by Crippen LogP contribution is -2.31. The number of para-hydroxylation sites is 1. The molecule has 0 bridgehead atoms. The van der Waals surface area contributed by atoms with Crippen LogP contribution in [0.1, 0.15) is 32.0 Å². The summed E-state index contributed by atoms with van der Waals surface area (Å²) in [7, 11) is 1.60. The average Bonchev–Trinajstić information content (AvgIpc) is 3.72. The number of carbonyl (C=O) groups is 2. The van der Waals surface area contributed by atoms with E-state index in [0.717, 1.165) is 5.56 Å². The summed E-state index contributed by atoms with van der Waals surface area (Å²) in [6, 6.07) is 28.6. The van der Waals surface area contributed by atoms with Crippen LogP contribution in [-0.2, 0) is 24.3 Å². The van der Waals surface area contributed by atoms with Gasteiger partial charge in [-0.05, 0) is 66.2 Å². The number of carbonyl (C=O) groups excluding carboxylic acids is 2. The number of amides is 2. The summed E-state index contributed by atoms with van der Waals surface area (Å²) >= 11 is 0. The Kier molecular flexibility index (Phi) is 9.84. The largest absolute Gasteiger partial charge is 0.497 e. The predicted molar refractivity (Wildman–Crippen MR) is 187 cm³/mol. The van der Waals surface area contributed by atoms with E-state index in [0.29, 0.717) is 83.4 Å². The Bertz CT molecular complexity index is 2210. The van der Waals surface area contributed by atoms with Gasteiger partial charge in [0.25, 0.3) is 11.8 Å². The van der Waals surface area contributed by atoms with Crippen molar-refractivity contribution in [2.45, 2.75) is 19.6 Å². The van der Waals surface area contributed by atoms with Gasteiger partial charge < -0.3 is 23.4 Å². The van der Waals surface area contributed by atoms with Crippen molar-refractivity contribution in [3.05, 3.63) is 136 Å². The summed E-state index contributed by atoms with van der Waals surface area (Å²) in [5.41, 5.74) is 3.27. The molecule has 12 nitrogen and oxygen atoms in total. The molecule has 51 heavy (non-hydrogen) atoms. The molecule has 1 aliphatic rings. The summed E-state index contributed by atoms with van der Waals surface area (Å²) in [6.45, 7) is 1.94. The van der Waals surface area contributed by atoms with E-state index in [4.69, 9.17) is 23.4 Å². The first kappa shape index (κ1) is 33.2. The highest BCUT2D eigenvalue weighted by atomic mass is 16.5. The standard InChI is InChI=1S/C39H34N4O8/c1-47-30-8-6-7-26(23-30)25-50-37-35(44)33-11-4-5-12-34(33)51-36(37)27-13-15-29(16-14-27)49-22-21-48-20-19-42-24-28(40-41-42)17-18-43-38(45)31-9-2-3-10-32(31)39(43)46/h2-16,23-24H,17-22,25H2,1H3. The lowest BCUT2D eigenvalue weighted by Gasteiger charge is -2.13. The molecule has 0 saturated heterocycles. The fraction of sp³-hybridized carbons (Fsp3) is 0.205. The molecule has 3 heterocycles. The number of hydrogen-bond donors (Lipinski definition) is 0. The fourth-order valence-electron chi connectivity index (χ4n) is 5.78. The van der Waals surface area contributed by atoms with Crippen LogP contribution in [0, 0.1) is 0 Å². The molecular weight excluding hydrogens is 652 g/mol. The van der Waals surface area contributed by atoms with Crippen molar-refractivity contribution in [2.75, 3.05) is 33.5 Å². The van der Waals surface area contributed by atoms with Crippen LogP contribution in [0.5, 0.6) is 17.2 Å². The maximum absolute atomic E-state index is 13.5. The van der Waals surface area contributed by atoms with Crippen LogP contribution in [0.15, 0.2) is 112 Å². The highest BCUT2D eigenvalue weighted by molar-refractivity contribution is 6.21. The molecule has 0 aliphatic carbocycles. The zero-order chi connectivity index (χ0) is 35.2. The third-order valence-electron chi connectivity index (χ3n) is 8.41. The van der Waals surface area contributed by atoms with Crippen LogP contribution in [0.25, 0.3) is 22.3 Å². The zero-order valence-electron chi connectivity index (χ0n) is 27.8. The van der Waals surface area contributed by atoms with E-state index in [-0.39, 0.29) is 36.1 Å². The second-order valence-electron chi connectivity index (χ2n) is 11.7. The summed E-state index contributed by atoms with van der Waals surface area (Å²) in [4.78, 5) is 39.9. The smallest absolute Gasteiger partial charge is 0.261 e. The van der Waals surface area contributed by atoms with Gasteiger partial charge in [0.1, 0.15) is 30.3 Å². The van der Waals surface area contributed by atoms with E-state index in [1.807, 2.05) is 42.5 Å². The third kappa shape index (κ3) is 7.36. The van der Waals surface area contributed by atoms with Crippen LogP contribution < -0.4 is 19.6 Å². The third-order valence-corrected chi connectivity index (χ3v) is 8.41. The van der Waals surface area contributed by atoms with Crippen molar-refractivity contribution in [3.63, 3.8) is 0 Å². The predicted octanol–water partition coefficient (Wildman–Crippen LogP) is 5.57. The molecule has 7 rings (SSSR count). The van der Waals surface area contributed by atoms with Crippen LogP contribution >= 0.6 is 0 Å². The molecule has 0 radical (unpaired) electrons. The van der Waals surface area contributed by atoms with E-state index in [9.17, 15) is 14.4 Å². The average molecular weight is 687 g/mol. The van der Waals surface area contributed by atoms with E-state index in [1.54, 1.807) is 72.6 Å². The van der Waals surface area contributed by atoms with Crippen molar-refractivity contribution >= 4 is 22.8 Å². The first-order chi connectivity index (χ1) is 25.0. The first-order valence-electron chi connectivity index (χ1n) is 16.5. The molecule has 4 aromatic carbocycles. The number of aromatic nitrogens is 3. The Morgan fingerprint density at radius 1 is 0.745 bits per heavy atom. The fourth-order valence-corrected chi connectivity index (χ4v) is 5.78. The molecule has 6 aromatic rings. The van der Waals surface area contributed by atoms with Crippen LogP contribution in [0.3, 0.4) is 0 Å². The van der Waals surface area contributed by atoms with Gasteiger partial charge >= 0.3 is 0 Å². The van der Waals surface area contributed by atoms with Gasteiger partial charge in [0.15, 0.2) is 5.76 Å². The summed E-state index contributed by atoms with van der Waals surface area (Å²) in [6.07, 6.45) is 2.19. The molecule has 2 aromatic heterocycles. The monoisotopic (exact) mass is 686 g/mol. The Morgan fingerprint density at radius 3 is 2.29 bits per heavy atom. The number of benzene rings is 4. The minimum atomic E-state index is -0.284. The Hall–Kier alpha value is -6.27. The maximum Gasteiger partial charge on any atom is 0.261 e. The topological polar surface area (TPSA) is 135 Å². The lowest BCUT2D eigenvalue weighted by molar-refractivity contribution is 0.0655. The van der Waals surface area contributed by atoms with Crippen molar-refractivity contribution in [1.29, 1.82) is 0 Å². The molecule has 1 aliphatic heterocycles. The second-order valence-corrected chi connectivity index (χ2v) is 11.7. The molecule has 0 spiro atoms. The van der Waals surface area contributed by atoms with Crippen molar-refractivity contribution < 1.29 is 33.0 Å². The van der Waals surface area contributed by atoms with Gasteiger partial charge in [-0.25, -0.2) is 4.68 Å². The SMILES string of the molecule is COc1cccc(COc2c(-c3ccc(OCCOCCn4cc(CCN5C(=O)c6ccccc6C5=O)nn4)cc3)oc3ccccc3c2=O)c1. The molecule has 0 saturated carbocycles. The van der Waals surface area contributed by atoms with Gasteiger partial charge in [0.05, 0.1) is 49.1 Å². The second kappa shape index (κ2) is 15.1. The van der Waals surface area contributed by atoms with Gasteiger partial charge in [0.2, 0.25) is 11.2 Å². The molecule has 2 amide bonds. The van der Waals surface area contributed by atoms with Gasteiger partial charge in [-0.15, -0.1) is 5.10 Å². The van der Waals surface area contributed by atoms with E-state index in [2.05, 4.69) is 10.3 Å². The number of ether oxygens (including phenoxy) is 4. The lowest BCUT2D eigenvalue weighted by atomic mass is 10.1. The van der Waals surface area contributed by atoms with Gasteiger partial charge in [-0.3, -0.25) is 19.3 Å². The van der Waals surface area contributed by atoms with Crippen molar-refractivity contribution in [2.24, 2.45) is 0 Å². The molecule has 0 unspecified atom stereocenters. The molecule has 0 atom stereocenters. The number of rotatable bonds is 15. The molecule has 0 N–H and O–H groups in total. The number of hydrogen-bond acceptors (Lipinski definition) is 10. The molecule has 258 valence electrons. The normalized spacial score (nSPS) is 12.4.